The minimum atomic E-state index is -3.64. The minimum Gasteiger partial charge on any atom is -0.299 e. The molecule has 0 aromatic heterocycles. The van der Waals surface area contributed by atoms with Crippen molar-refractivity contribution in [3.8, 4) is 0 Å². The highest BCUT2D eigenvalue weighted by Crippen LogP contribution is 2.41. The Hall–Kier alpha value is 0.0600. The molecule has 0 radical (unpaired) electrons. The van der Waals surface area contributed by atoms with Crippen molar-refractivity contribution in [3.05, 3.63) is 0 Å². The third-order valence-corrected chi connectivity index (χ3v) is 3.94. The third kappa shape index (κ3) is 4.49. The van der Waals surface area contributed by atoms with Gasteiger partial charge in [-0.05, 0) is 0 Å². The predicted molar refractivity (Wildman–Crippen MR) is 39.6 cm³/mol. The fraction of sp³-hybridized carbons (Fsp3) is 1.00. The van der Waals surface area contributed by atoms with Gasteiger partial charge in [0.1, 0.15) is 0 Å². The van der Waals surface area contributed by atoms with Gasteiger partial charge >= 0.3 is 7.75 Å². The van der Waals surface area contributed by atoms with Crippen LogP contribution in [-0.2, 0) is 23.6 Å². The van der Waals surface area contributed by atoms with Crippen molar-refractivity contribution in [2.24, 2.45) is 0 Å². The number of hydrogen-bond acceptors (Lipinski definition) is 5. The summed E-state index contributed by atoms with van der Waals surface area (Å²) in [6, 6.07) is 0. The van der Waals surface area contributed by atoms with E-state index in [1.807, 2.05) is 0 Å². The molecular formula is C3H10NO5PS. The first-order valence-electron chi connectivity index (χ1n) is 2.53. The quantitative estimate of drug-likeness (QED) is 0.647. The van der Waals surface area contributed by atoms with Gasteiger partial charge < -0.3 is 0 Å². The van der Waals surface area contributed by atoms with Crippen molar-refractivity contribution in [2.45, 2.75) is 0 Å². The SMILES string of the molecule is COP(=O)(NS(C)(=O)=O)OC. The van der Waals surface area contributed by atoms with Crippen LogP contribution in [0.15, 0.2) is 0 Å². The van der Waals surface area contributed by atoms with Gasteiger partial charge in [0.25, 0.3) is 0 Å². The Morgan fingerprint density at radius 2 is 1.64 bits per heavy atom. The average Bonchev–Trinajstić information content (AvgIpc) is 1.84. The lowest BCUT2D eigenvalue weighted by atomic mass is 11.8. The Bertz CT molecular complexity index is 251. The zero-order valence-electron chi connectivity index (χ0n) is 6.40. The summed E-state index contributed by atoms with van der Waals surface area (Å²) in [6.45, 7) is 0. The predicted octanol–water partition coefficient (Wildman–Crippen LogP) is -0.0635. The van der Waals surface area contributed by atoms with Crippen molar-refractivity contribution < 1.29 is 22.0 Å². The topological polar surface area (TPSA) is 81.7 Å². The standard InChI is InChI=1S/C3H10NO5PS/c1-8-10(5,9-2)4-11(3,6)7/h1-3H3,(H,4,5). The molecule has 0 fully saturated rings. The minimum absolute atomic E-state index is 0.859. The Balaban J connectivity index is 4.47. The summed E-state index contributed by atoms with van der Waals surface area (Å²) in [4.78, 5) is 0. The summed E-state index contributed by atoms with van der Waals surface area (Å²) >= 11 is 0. The fourth-order valence-corrected chi connectivity index (χ4v) is 2.72. The molecule has 0 saturated heterocycles. The van der Waals surface area contributed by atoms with E-state index in [1.54, 1.807) is 4.49 Å². The van der Waals surface area contributed by atoms with E-state index in [1.165, 1.54) is 0 Å². The molecule has 0 aliphatic heterocycles. The molecule has 11 heavy (non-hydrogen) atoms. The molecule has 0 atom stereocenters. The van der Waals surface area contributed by atoms with Crippen molar-refractivity contribution >= 4 is 17.8 Å². The number of rotatable bonds is 4. The van der Waals surface area contributed by atoms with Gasteiger partial charge in [0.05, 0.1) is 6.26 Å². The molecule has 0 unspecified atom stereocenters. The Kier molecular flexibility index (Phi) is 3.66. The van der Waals surface area contributed by atoms with E-state index in [-0.39, 0.29) is 0 Å². The Morgan fingerprint density at radius 3 is 1.73 bits per heavy atom. The van der Waals surface area contributed by atoms with Gasteiger partial charge in [-0.25, -0.2) is 13.0 Å². The molecule has 6 nitrogen and oxygen atoms in total. The molecule has 8 heteroatoms. The van der Waals surface area contributed by atoms with Crippen LogP contribution < -0.4 is 4.49 Å². The molecule has 1 N–H and O–H groups in total. The van der Waals surface area contributed by atoms with Gasteiger partial charge in [-0.15, -0.1) is 4.49 Å². The normalized spacial score (nSPS) is 13.4. The maximum Gasteiger partial charge on any atom is 0.418 e. The van der Waals surface area contributed by atoms with E-state index >= 15 is 0 Å². The molecule has 0 spiro atoms. The summed E-state index contributed by atoms with van der Waals surface area (Å²) in [7, 11) is -5.04. The summed E-state index contributed by atoms with van der Waals surface area (Å²) in [6.07, 6.45) is 0.859. The second-order valence-electron chi connectivity index (χ2n) is 1.73. The van der Waals surface area contributed by atoms with Gasteiger partial charge in [0, 0.05) is 14.2 Å². The number of hydrogen-bond donors (Lipinski definition) is 1. The summed E-state index contributed by atoms with van der Waals surface area (Å²) in [5.41, 5.74) is 0. The Morgan fingerprint density at radius 1 is 1.27 bits per heavy atom. The van der Waals surface area contributed by atoms with E-state index in [0.29, 0.717) is 0 Å². The van der Waals surface area contributed by atoms with E-state index in [2.05, 4.69) is 9.05 Å². The lowest BCUT2D eigenvalue weighted by molar-refractivity contribution is 0.272. The zero-order valence-corrected chi connectivity index (χ0v) is 8.11. The largest absolute Gasteiger partial charge is 0.418 e. The van der Waals surface area contributed by atoms with E-state index in [9.17, 15) is 13.0 Å². The highest BCUT2D eigenvalue weighted by Gasteiger charge is 2.25. The van der Waals surface area contributed by atoms with Crippen molar-refractivity contribution in [1.82, 2.24) is 4.49 Å². The van der Waals surface area contributed by atoms with Crippen LogP contribution in [0.3, 0.4) is 0 Å². The first kappa shape index (κ1) is 11.1. The number of sulfonamides is 1. The highest BCUT2D eigenvalue weighted by molar-refractivity contribution is 7.94. The van der Waals surface area contributed by atoms with Gasteiger partial charge in [-0.3, -0.25) is 9.05 Å². The second-order valence-corrected chi connectivity index (χ2v) is 5.73. The smallest absolute Gasteiger partial charge is 0.299 e. The highest BCUT2D eigenvalue weighted by atomic mass is 32.2. The van der Waals surface area contributed by atoms with Crippen molar-refractivity contribution in [3.63, 3.8) is 0 Å². The van der Waals surface area contributed by atoms with Gasteiger partial charge in [-0.1, -0.05) is 0 Å². The molecule has 0 amide bonds. The van der Waals surface area contributed by atoms with Crippen LogP contribution in [-0.4, -0.2) is 28.9 Å². The van der Waals surface area contributed by atoms with Crippen LogP contribution in [0.25, 0.3) is 0 Å². The molecule has 0 aromatic carbocycles. The maximum absolute atomic E-state index is 11.0. The molecule has 0 aliphatic carbocycles. The molecule has 68 valence electrons. The second kappa shape index (κ2) is 3.64. The van der Waals surface area contributed by atoms with Gasteiger partial charge in [0.2, 0.25) is 10.0 Å². The molecular weight excluding hydrogens is 193 g/mol. The lowest BCUT2D eigenvalue weighted by Crippen LogP contribution is -2.20. The molecule has 0 aromatic rings. The molecule has 0 rings (SSSR count). The summed E-state index contributed by atoms with van der Waals surface area (Å²) in [5.74, 6) is 0. The Labute approximate surface area is 65.5 Å². The van der Waals surface area contributed by atoms with Crippen molar-refractivity contribution in [1.29, 1.82) is 0 Å². The monoisotopic (exact) mass is 203 g/mol. The molecule has 0 bridgehead atoms. The van der Waals surface area contributed by atoms with Gasteiger partial charge in [-0.2, -0.15) is 0 Å². The summed E-state index contributed by atoms with van der Waals surface area (Å²) < 4.78 is 42.4. The maximum atomic E-state index is 11.0. The van der Waals surface area contributed by atoms with Crippen LogP contribution in [0.5, 0.6) is 0 Å². The van der Waals surface area contributed by atoms with Crippen LogP contribution in [0, 0.1) is 0 Å². The number of nitrogens with one attached hydrogen (secondary N) is 1. The lowest BCUT2D eigenvalue weighted by Gasteiger charge is -2.12. The molecule has 0 saturated carbocycles. The molecule has 0 aliphatic rings. The molecule has 0 heterocycles. The van der Waals surface area contributed by atoms with Crippen LogP contribution in [0.2, 0.25) is 0 Å². The summed E-state index contributed by atoms with van der Waals surface area (Å²) in [5, 5.41) is 0. The van der Waals surface area contributed by atoms with Crippen LogP contribution >= 0.6 is 7.75 Å². The fourth-order valence-electron chi connectivity index (χ4n) is 0.352. The van der Waals surface area contributed by atoms with Gasteiger partial charge in [0.15, 0.2) is 0 Å². The first-order valence-corrected chi connectivity index (χ1v) is 5.97. The van der Waals surface area contributed by atoms with E-state index in [0.717, 1.165) is 20.5 Å². The van der Waals surface area contributed by atoms with Crippen molar-refractivity contribution in [2.75, 3.05) is 20.5 Å². The van der Waals surface area contributed by atoms with E-state index in [4.69, 9.17) is 0 Å². The third-order valence-electron chi connectivity index (χ3n) is 0.758. The van der Waals surface area contributed by atoms with Crippen LogP contribution in [0.4, 0.5) is 0 Å². The zero-order chi connectivity index (χ0) is 9.12. The average molecular weight is 203 g/mol. The first-order chi connectivity index (χ1) is 4.83. The van der Waals surface area contributed by atoms with Crippen LogP contribution in [0.1, 0.15) is 0 Å². The van der Waals surface area contributed by atoms with E-state index < -0.39 is 17.8 Å².